The van der Waals surface area contributed by atoms with Gasteiger partial charge in [0.1, 0.15) is 11.6 Å². The third-order valence-electron chi connectivity index (χ3n) is 2.72. The number of aromatic nitrogens is 1. The Bertz CT molecular complexity index is 500. The third kappa shape index (κ3) is 2.99. The number of sulfone groups is 1. The smallest absolute Gasteiger partial charge is 0.298 e. The Balaban J connectivity index is 2.22. The fraction of sp³-hybridized carbons (Fsp3) is 0.700. The minimum atomic E-state index is -3.14. The van der Waals surface area contributed by atoms with Crippen LogP contribution in [-0.4, -0.2) is 50.1 Å². The highest BCUT2D eigenvalue weighted by atomic mass is 32.2. The minimum Gasteiger partial charge on any atom is -0.432 e. The van der Waals surface area contributed by atoms with Crippen LogP contribution in [0.15, 0.2) is 10.7 Å². The van der Waals surface area contributed by atoms with E-state index in [4.69, 9.17) is 4.42 Å². The molecule has 8 heteroatoms. The molecule has 2 rings (SSSR count). The number of nitrogens with zero attached hydrogens (tertiary/aromatic N) is 2. The largest absolute Gasteiger partial charge is 0.432 e. The number of hydrogen-bond donors (Lipinski definition) is 1. The van der Waals surface area contributed by atoms with Crippen LogP contribution in [0.3, 0.4) is 0 Å². The Kier molecular flexibility index (Phi) is 4.18. The highest BCUT2D eigenvalue weighted by Gasteiger charge is 2.33. The van der Waals surface area contributed by atoms with Crippen molar-refractivity contribution in [1.29, 1.82) is 0 Å². The van der Waals surface area contributed by atoms with Gasteiger partial charge in [-0.2, -0.15) is 16.7 Å². The van der Waals surface area contributed by atoms with Crippen molar-refractivity contribution >= 4 is 27.6 Å². The van der Waals surface area contributed by atoms with E-state index < -0.39 is 15.2 Å². The van der Waals surface area contributed by atoms with Crippen LogP contribution < -0.4 is 10.2 Å². The van der Waals surface area contributed by atoms with E-state index in [2.05, 4.69) is 10.3 Å². The van der Waals surface area contributed by atoms with E-state index in [1.165, 1.54) is 6.26 Å². The number of oxazole rings is 1. The van der Waals surface area contributed by atoms with Gasteiger partial charge in [-0.3, -0.25) is 0 Å². The van der Waals surface area contributed by atoms with Crippen molar-refractivity contribution in [3.8, 4) is 0 Å². The zero-order chi connectivity index (χ0) is 13.2. The molecular formula is C10H17N3O3S2. The summed E-state index contributed by atoms with van der Waals surface area (Å²) < 4.78 is 28.9. The quantitative estimate of drug-likeness (QED) is 0.856. The first-order chi connectivity index (χ1) is 8.52. The average Bonchev–Trinajstić information content (AvgIpc) is 2.77. The molecule has 1 aliphatic heterocycles. The molecule has 0 aliphatic carbocycles. The molecule has 102 valence electrons. The molecule has 1 aromatic rings. The van der Waals surface area contributed by atoms with Crippen molar-refractivity contribution in [2.75, 3.05) is 36.3 Å². The van der Waals surface area contributed by atoms with Crippen LogP contribution in [0.25, 0.3) is 0 Å². The second-order valence-corrected chi connectivity index (χ2v) is 7.56. The molecule has 2 heterocycles. The van der Waals surface area contributed by atoms with Crippen LogP contribution in [0, 0.1) is 0 Å². The summed E-state index contributed by atoms with van der Waals surface area (Å²) in [7, 11) is -1.31. The number of nitrogens with one attached hydrogen (secondary N) is 1. The Hall–Kier alpha value is -0.730. The second kappa shape index (κ2) is 5.50. The second-order valence-electron chi connectivity index (χ2n) is 4.20. The van der Waals surface area contributed by atoms with E-state index in [0.29, 0.717) is 24.9 Å². The molecule has 0 amide bonds. The van der Waals surface area contributed by atoms with Crippen molar-refractivity contribution in [3.63, 3.8) is 0 Å². The summed E-state index contributed by atoms with van der Waals surface area (Å²) in [5.74, 6) is 1.44. The monoisotopic (exact) mass is 291 g/mol. The summed E-state index contributed by atoms with van der Waals surface area (Å²) >= 11 is 1.64. The van der Waals surface area contributed by atoms with Crippen molar-refractivity contribution in [2.45, 2.75) is 11.9 Å². The normalized spacial score (nSPS) is 21.2. The molecule has 0 spiro atoms. The molecule has 1 aromatic heterocycles. The molecule has 1 atom stereocenters. The molecule has 1 unspecified atom stereocenters. The summed E-state index contributed by atoms with van der Waals surface area (Å²) in [6.07, 6.45) is 2.82. The molecule has 1 saturated heterocycles. The van der Waals surface area contributed by atoms with Crippen LogP contribution in [0.4, 0.5) is 6.01 Å². The molecule has 18 heavy (non-hydrogen) atoms. The predicted octanol–water partition coefficient (Wildman–Crippen LogP) is 0.318. The van der Waals surface area contributed by atoms with Gasteiger partial charge in [0.2, 0.25) is 0 Å². The standard InChI is InChI=1S/C10H17N3O3S2/c1-11-5-8-6-16-10(12-8)13-3-4-17-7-9(13)18(2,14)15/h6,9,11H,3-5,7H2,1-2H3. The molecule has 0 bridgehead atoms. The highest BCUT2D eigenvalue weighted by molar-refractivity contribution is 8.01. The number of rotatable bonds is 4. The first-order valence-electron chi connectivity index (χ1n) is 5.64. The Morgan fingerprint density at radius 2 is 2.44 bits per heavy atom. The fourth-order valence-corrected chi connectivity index (χ4v) is 4.65. The van der Waals surface area contributed by atoms with Crippen LogP contribution >= 0.6 is 11.8 Å². The summed E-state index contributed by atoms with van der Waals surface area (Å²) in [6, 6.07) is 0.399. The van der Waals surface area contributed by atoms with E-state index in [1.807, 2.05) is 7.05 Å². The Labute approximate surface area is 111 Å². The summed E-state index contributed by atoms with van der Waals surface area (Å²) in [6.45, 7) is 1.25. The number of anilines is 1. The molecule has 1 fully saturated rings. The minimum absolute atomic E-state index is 0.399. The summed E-state index contributed by atoms with van der Waals surface area (Å²) in [5, 5.41) is 2.43. The maximum absolute atomic E-state index is 11.8. The molecule has 0 saturated carbocycles. The van der Waals surface area contributed by atoms with E-state index >= 15 is 0 Å². The SMILES string of the molecule is CNCc1coc(N2CCSCC2S(C)(=O)=O)n1. The zero-order valence-electron chi connectivity index (χ0n) is 10.4. The predicted molar refractivity (Wildman–Crippen MR) is 72.6 cm³/mol. The lowest BCUT2D eigenvalue weighted by Gasteiger charge is -2.32. The molecule has 0 aromatic carbocycles. The third-order valence-corrected chi connectivity index (χ3v) is 5.37. The van der Waals surface area contributed by atoms with E-state index in [-0.39, 0.29) is 0 Å². The van der Waals surface area contributed by atoms with Gasteiger partial charge < -0.3 is 14.6 Å². The van der Waals surface area contributed by atoms with Gasteiger partial charge >= 0.3 is 0 Å². The van der Waals surface area contributed by atoms with Gasteiger partial charge in [0.05, 0.1) is 5.69 Å². The molecule has 0 radical (unpaired) electrons. The van der Waals surface area contributed by atoms with Crippen LogP contribution in [0.5, 0.6) is 0 Å². The van der Waals surface area contributed by atoms with Gasteiger partial charge in [0.25, 0.3) is 6.01 Å². The lowest BCUT2D eigenvalue weighted by molar-refractivity contribution is 0.521. The Morgan fingerprint density at radius 3 is 3.11 bits per heavy atom. The zero-order valence-corrected chi connectivity index (χ0v) is 12.1. The first kappa shape index (κ1) is 13.7. The van der Waals surface area contributed by atoms with Crippen LogP contribution in [0.1, 0.15) is 5.69 Å². The lowest BCUT2D eigenvalue weighted by atomic mass is 10.5. The van der Waals surface area contributed by atoms with Crippen molar-refractivity contribution in [3.05, 3.63) is 12.0 Å². The maximum Gasteiger partial charge on any atom is 0.298 e. The fourth-order valence-electron chi connectivity index (χ4n) is 1.85. The van der Waals surface area contributed by atoms with E-state index in [9.17, 15) is 8.42 Å². The van der Waals surface area contributed by atoms with Gasteiger partial charge in [-0.25, -0.2) is 8.42 Å². The van der Waals surface area contributed by atoms with Crippen molar-refractivity contribution in [1.82, 2.24) is 10.3 Å². The van der Waals surface area contributed by atoms with E-state index in [0.717, 1.165) is 11.4 Å². The molecule has 6 nitrogen and oxygen atoms in total. The van der Waals surface area contributed by atoms with Crippen molar-refractivity contribution < 1.29 is 12.8 Å². The van der Waals surface area contributed by atoms with Gasteiger partial charge in [-0.1, -0.05) is 0 Å². The first-order valence-corrected chi connectivity index (χ1v) is 8.75. The topological polar surface area (TPSA) is 75.4 Å². The maximum atomic E-state index is 11.8. The van der Waals surface area contributed by atoms with Crippen LogP contribution in [-0.2, 0) is 16.4 Å². The molecule has 1 N–H and O–H groups in total. The summed E-state index contributed by atoms with van der Waals surface area (Å²) in [5.41, 5.74) is 0.776. The lowest BCUT2D eigenvalue weighted by Crippen LogP contribution is -2.47. The molecule has 1 aliphatic rings. The van der Waals surface area contributed by atoms with Gasteiger partial charge in [0.15, 0.2) is 9.84 Å². The van der Waals surface area contributed by atoms with Crippen LogP contribution in [0.2, 0.25) is 0 Å². The van der Waals surface area contributed by atoms with Gasteiger partial charge in [-0.05, 0) is 7.05 Å². The van der Waals surface area contributed by atoms with Gasteiger partial charge in [-0.15, -0.1) is 0 Å². The van der Waals surface area contributed by atoms with Gasteiger partial charge in [0, 0.05) is 30.9 Å². The number of hydrogen-bond acceptors (Lipinski definition) is 7. The summed E-state index contributed by atoms with van der Waals surface area (Å²) in [4.78, 5) is 6.05. The highest BCUT2D eigenvalue weighted by Crippen LogP contribution is 2.26. The number of thioether (sulfide) groups is 1. The van der Waals surface area contributed by atoms with Crippen molar-refractivity contribution in [2.24, 2.45) is 0 Å². The van der Waals surface area contributed by atoms with E-state index in [1.54, 1.807) is 22.9 Å². The molecular weight excluding hydrogens is 274 g/mol. The average molecular weight is 291 g/mol. The Morgan fingerprint density at radius 1 is 1.67 bits per heavy atom.